The van der Waals surface area contributed by atoms with Gasteiger partial charge in [-0.1, -0.05) is 43.7 Å². The molecule has 0 radical (unpaired) electrons. The van der Waals surface area contributed by atoms with Crippen LogP contribution in [0.4, 0.5) is 5.69 Å². The molecule has 0 heterocycles. The second-order valence-corrected chi connectivity index (χ2v) is 8.20. The molecule has 1 unspecified atom stereocenters. The summed E-state index contributed by atoms with van der Waals surface area (Å²) in [4.78, 5) is 10.8. The van der Waals surface area contributed by atoms with Gasteiger partial charge < -0.3 is 4.18 Å². The first-order valence-electron chi connectivity index (χ1n) is 7.60. The summed E-state index contributed by atoms with van der Waals surface area (Å²) >= 11 is 0. The minimum absolute atomic E-state index is 0.0187. The molecular formula is C16H18N2O5S2. The van der Waals surface area contributed by atoms with Crippen LogP contribution in [0.25, 0.3) is 0 Å². The molecule has 2 aromatic carbocycles. The van der Waals surface area contributed by atoms with E-state index in [1.807, 2.05) is 6.92 Å². The molecule has 9 heteroatoms. The van der Waals surface area contributed by atoms with Crippen molar-refractivity contribution < 1.29 is 17.5 Å². The third-order valence-electron chi connectivity index (χ3n) is 3.15. The molecule has 2 rings (SSSR count). The lowest BCUT2D eigenvalue weighted by atomic mass is 10.3. The van der Waals surface area contributed by atoms with E-state index in [1.165, 1.54) is 30.3 Å². The summed E-state index contributed by atoms with van der Waals surface area (Å²) < 4.78 is 34.5. The number of nitro groups is 1. The molecule has 0 aliphatic carbocycles. The molecule has 0 aliphatic heterocycles. The van der Waals surface area contributed by atoms with Crippen LogP contribution >= 0.6 is 0 Å². The summed E-state index contributed by atoms with van der Waals surface area (Å²) in [7, 11) is -5.59. The maximum absolute atomic E-state index is 12.5. The normalized spacial score (nSPS) is 12.8. The summed E-state index contributed by atoms with van der Waals surface area (Å²) in [5.74, 6) is 0. The number of rotatable bonds is 8. The number of nitro benzene ring substituents is 1. The molecule has 7 nitrogen and oxygen atoms in total. The number of benzene rings is 2. The quantitative estimate of drug-likeness (QED) is 0.392. The maximum Gasteiger partial charge on any atom is 0.290 e. The fourth-order valence-electron chi connectivity index (χ4n) is 1.89. The molecule has 0 bridgehead atoms. The van der Waals surface area contributed by atoms with Crippen LogP contribution in [-0.4, -0.2) is 19.9 Å². The fraction of sp³-hybridized carbons (Fsp3) is 0.250. The number of para-hydroxylation sites is 1. The molecule has 2 aromatic rings. The third-order valence-corrected chi connectivity index (χ3v) is 6.46. The van der Waals surface area contributed by atoms with Crippen LogP contribution in [0.2, 0.25) is 0 Å². The Balaban J connectivity index is 2.52. The Kier molecular flexibility index (Phi) is 6.80. The van der Waals surface area contributed by atoms with Gasteiger partial charge in [-0.25, -0.2) is 0 Å². The SMILES string of the molecule is CCCCO/S(=N\S(=O)(=O)c1ccccc1)c1ccccc1[N+](=O)[O-]. The second kappa shape index (κ2) is 8.84. The van der Waals surface area contributed by atoms with E-state index in [2.05, 4.69) is 3.77 Å². The predicted molar refractivity (Wildman–Crippen MR) is 95.6 cm³/mol. The average molecular weight is 382 g/mol. The highest BCUT2D eigenvalue weighted by Gasteiger charge is 2.21. The van der Waals surface area contributed by atoms with Gasteiger partial charge in [0.2, 0.25) is 0 Å². The monoisotopic (exact) mass is 382 g/mol. The highest BCUT2D eigenvalue weighted by atomic mass is 32.3. The fourth-order valence-corrected chi connectivity index (χ4v) is 4.86. The summed E-state index contributed by atoms with van der Waals surface area (Å²) in [5.41, 5.74) is -0.214. The van der Waals surface area contributed by atoms with Gasteiger partial charge in [0.05, 0.1) is 27.4 Å². The zero-order valence-corrected chi connectivity index (χ0v) is 15.2. The van der Waals surface area contributed by atoms with Gasteiger partial charge in [0.15, 0.2) is 0 Å². The average Bonchev–Trinajstić information content (AvgIpc) is 2.61. The Labute approximate surface area is 149 Å². The van der Waals surface area contributed by atoms with Crippen LogP contribution in [0.3, 0.4) is 0 Å². The Hall–Kier alpha value is -2.10. The number of nitrogens with zero attached hydrogens (tertiary/aromatic N) is 2. The van der Waals surface area contributed by atoms with Crippen LogP contribution in [0.5, 0.6) is 0 Å². The largest absolute Gasteiger partial charge is 0.301 e. The molecule has 0 N–H and O–H groups in total. The van der Waals surface area contributed by atoms with Gasteiger partial charge in [0, 0.05) is 6.07 Å². The molecule has 0 fully saturated rings. The van der Waals surface area contributed by atoms with Gasteiger partial charge in [0.25, 0.3) is 15.7 Å². The van der Waals surface area contributed by atoms with E-state index in [-0.39, 0.29) is 22.1 Å². The maximum atomic E-state index is 12.5. The lowest BCUT2D eigenvalue weighted by Crippen LogP contribution is -2.07. The van der Waals surface area contributed by atoms with Crippen molar-refractivity contribution in [3.05, 3.63) is 64.7 Å². The Morgan fingerprint density at radius 2 is 1.76 bits per heavy atom. The van der Waals surface area contributed by atoms with Crippen molar-refractivity contribution in [3.63, 3.8) is 0 Å². The Bertz CT molecular complexity index is 867. The van der Waals surface area contributed by atoms with Gasteiger partial charge >= 0.3 is 0 Å². The van der Waals surface area contributed by atoms with Gasteiger partial charge in [-0.15, -0.1) is 3.77 Å². The second-order valence-electron chi connectivity index (χ2n) is 5.01. The molecule has 0 saturated heterocycles. The standard InChI is InChI=1S/C16H18N2O5S2/c1-2-3-13-23-24(16-12-8-7-11-15(16)18(19)20)17-25(21,22)14-9-5-4-6-10-14/h4-12H,2-3,13H2,1H3. The third kappa shape index (κ3) is 5.18. The topological polar surface area (TPSA) is 98.9 Å². The first-order chi connectivity index (χ1) is 12.0. The van der Waals surface area contributed by atoms with Crippen molar-refractivity contribution >= 4 is 26.7 Å². The van der Waals surface area contributed by atoms with Crippen molar-refractivity contribution in [2.75, 3.05) is 6.61 Å². The van der Waals surface area contributed by atoms with E-state index in [0.717, 1.165) is 6.42 Å². The van der Waals surface area contributed by atoms with E-state index in [1.54, 1.807) is 24.3 Å². The number of hydrogen-bond acceptors (Lipinski definition) is 5. The van der Waals surface area contributed by atoms with Gasteiger partial charge in [0.1, 0.15) is 4.90 Å². The van der Waals surface area contributed by atoms with Crippen molar-refractivity contribution in [1.82, 2.24) is 0 Å². The van der Waals surface area contributed by atoms with Crippen LogP contribution < -0.4 is 0 Å². The van der Waals surface area contributed by atoms with E-state index in [0.29, 0.717) is 6.42 Å². The first-order valence-corrected chi connectivity index (χ1v) is 10.1. The highest BCUT2D eigenvalue weighted by molar-refractivity contribution is 7.98. The van der Waals surface area contributed by atoms with Crippen LogP contribution in [0.15, 0.2) is 68.2 Å². The van der Waals surface area contributed by atoms with Gasteiger partial charge in [-0.3, -0.25) is 10.1 Å². The van der Waals surface area contributed by atoms with E-state index < -0.39 is 25.9 Å². The number of hydrogen-bond donors (Lipinski definition) is 0. The Morgan fingerprint density at radius 1 is 1.12 bits per heavy atom. The molecule has 1 atom stereocenters. The molecule has 0 saturated carbocycles. The molecule has 25 heavy (non-hydrogen) atoms. The number of sulfonamides is 1. The summed E-state index contributed by atoms with van der Waals surface area (Å²) in [6.45, 7) is 2.23. The molecule has 0 amide bonds. The van der Waals surface area contributed by atoms with E-state index in [9.17, 15) is 18.5 Å². The zero-order valence-electron chi connectivity index (χ0n) is 13.6. The van der Waals surface area contributed by atoms with Gasteiger partial charge in [-0.2, -0.15) is 8.42 Å². The molecule has 0 spiro atoms. The summed E-state index contributed by atoms with van der Waals surface area (Å²) in [5, 5.41) is 11.3. The Morgan fingerprint density at radius 3 is 2.40 bits per heavy atom. The smallest absolute Gasteiger partial charge is 0.290 e. The predicted octanol–water partition coefficient (Wildman–Crippen LogP) is 3.88. The van der Waals surface area contributed by atoms with Crippen LogP contribution in [0.1, 0.15) is 19.8 Å². The minimum Gasteiger partial charge on any atom is -0.301 e. The van der Waals surface area contributed by atoms with Crippen molar-refractivity contribution in [2.45, 2.75) is 29.6 Å². The highest BCUT2D eigenvalue weighted by Crippen LogP contribution is 2.26. The number of unbranched alkanes of at least 4 members (excludes halogenated alkanes) is 1. The van der Waals surface area contributed by atoms with Crippen LogP contribution in [0, 0.1) is 10.1 Å². The van der Waals surface area contributed by atoms with Crippen molar-refractivity contribution in [2.24, 2.45) is 3.77 Å². The first kappa shape index (κ1) is 19.2. The summed E-state index contributed by atoms with van der Waals surface area (Å²) in [6.07, 6.45) is 1.55. The summed E-state index contributed by atoms with van der Waals surface area (Å²) in [6, 6.07) is 13.6. The molecule has 134 valence electrons. The molecular weight excluding hydrogens is 364 g/mol. The van der Waals surface area contributed by atoms with Crippen molar-refractivity contribution in [3.8, 4) is 0 Å². The molecule has 0 aliphatic rings. The minimum atomic E-state index is -4.00. The van der Waals surface area contributed by atoms with Crippen molar-refractivity contribution in [1.29, 1.82) is 0 Å². The van der Waals surface area contributed by atoms with Crippen LogP contribution in [-0.2, 0) is 25.2 Å². The molecule has 0 aromatic heterocycles. The lowest BCUT2D eigenvalue weighted by Gasteiger charge is -2.09. The van der Waals surface area contributed by atoms with E-state index >= 15 is 0 Å². The van der Waals surface area contributed by atoms with Gasteiger partial charge in [-0.05, 0) is 24.6 Å². The van der Waals surface area contributed by atoms with E-state index in [4.69, 9.17) is 4.18 Å². The lowest BCUT2D eigenvalue weighted by molar-refractivity contribution is -0.387. The zero-order chi connectivity index (χ0) is 18.3.